The Morgan fingerprint density at radius 1 is 1.05 bits per heavy atom. The zero-order valence-corrected chi connectivity index (χ0v) is 13.4. The van der Waals surface area contributed by atoms with E-state index in [9.17, 15) is 9.90 Å². The topological polar surface area (TPSA) is 46.5 Å². The van der Waals surface area contributed by atoms with Crippen LogP contribution in [0.3, 0.4) is 0 Å². The summed E-state index contributed by atoms with van der Waals surface area (Å²) in [6, 6.07) is 4.03. The SMILES string of the molecule is CC(C)(C)c1cc(CCOC=O)cc(C(C)(C)C)c1O. The van der Waals surface area contributed by atoms with E-state index in [1.807, 2.05) is 12.1 Å². The Morgan fingerprint density at radius 2 is 1.50 bits per heavy atom. The van der Waals surface area contributed by atoms with Gasteiger partial charge in [0, 0.05) is 6.42 Å². The highest BCUT2D eigenvalue weighted by Crippen LogP contribution is 2.39. The molecule has 0 fully saturated rings. The lowest BCUT2D eigenvalue weighted by molar-refractivity contribution is -0.128. The Hall–Kier alpha value is -1.51. The van der Waals surface area contributed by atoms with Crippen LogP contribution in [-0.2, 0) is 26.8 Å². The highest BCUT2D eigenvalue weighted by atomic mass is 16.5. The van der Waals surface area contributed by atoms with E-state index in [0.717, 1.165) is 16.7 Å². The summed E-state index contributed by atoms with van der Waals surface area (Å²) in [6.07, 6.45) is 0.658. The quantitative estimate of drug-likeness (QED) is 0.674. The van der Waals surface area contributed by atoms with Crippen molar-refractivity contribution in [2.45, 2.75) is 58.8 Å². The molecule has 1 N–H and O–H groups in total. The number of carbonyl (C=O) groups is 1. The Labute approximate surface area is 122 Å². The number of ether oxygens (including phenoxy) is 1. The minimum absolute atomic E-state index is 0.133. The summed E-state index contributed by atoms with van der Waals surface area (Å²) in [5, 5.41) is 10.6. The average molecular weight is 278 g/mol. The van der Waals surface area contributed by atoms with Crippen LogP contribution in [0.15, 0.2) is 12.1 Å². The van der Waals surface area contributed by atoms with Crippen LogP contribution in [0.5, 0.6) is 5.75 Å². The van der Waals surface area contributed by atoms with E-state index in [0.29, 0.717) is 25.2 Å². The van der Waals surface area contributed by atoms with Crippen molar-refractivity contribution in [1.82, 2.24) is 0 Å². The van der Waals surface area contributed by atoms with E-state index in [-0.39, 0.29) is 10.8 Å². The lowest BCUT2D eigenvalue weighted by atomic mass is 9.78. The molecule has 1 rings (SSSR count). The fourth-order valence-electron chi connectivity index (χ4n) is 2.21. The van der Waals surface area contributed by atoms with E-state index in [1.165, 1.54) is 0 Å². The van der Waals surface area contributed by atoms with Gasteiger partial charge in [-0.2, -0.15) is 0 Å². The minimum atomic E-state index is -0.133. The number of aromatic hydroxyl groups is 1. The fraction of sp³-hybridized carbons (Fsp3) is 0.588. The van der Waals surface area contributed by atoms with Gasteiger partial charge in [0.2, 0.25) is 0 Å². The first-order chi connectivity index (χ1) is 9.07. The summed E-state index contributed by atoms with van der Waals surface area (Å²) in [5.41, 5.74) is 2.69. The number of phenols is 1. The number of benzene rings is 1. The summed E-state index contributed by atoms with van der Waals surface area (Å²) in [5.74, 6) is 0.380. The van der Waals surface area contributed by atoms with Crippen LogP contribution in [0, 0.1) is 0 Å². The van der Waals surface area contributed by atoms with Crippen molar-refractivity contribution in [2.24, 2.45) is 0 Å². The molecule has 1 aromatic carbocycles. The second kappa shape index (κ2) is 5.86. The number of hydrogen-bond donors (Lipinski definition) is 1. The first kappa shape index (κ1) is 16.5. The highest BCUT2D eigenvalue weighted by Gasteiger charge is 2.26. The molecule has 0 saturated heterocycles. The van der Waals surface area contributed by atoms with E-state index in [2.05, 4.69) is 41.5 Å². The van der Waals surface area contributed by atoms with Crippen molar-refractivity contribution in [3.05, 3.63) is 28.8 Å². The molecule has 0 radical (unpaired) electrons. The molecule has 20 heavy (non-hydrogen) atoms. The highest BCUT2D eigenvalue weighted by molar-refractivity contribution is 5.50. The molecule has 1 aromatic rings. The van der Waals surface area contributed by atoms with Gasteiger partial charge in [-0.1, -0.05) is 53.7 Å². The van der Waals surface area contributed by atoms with Gasteiger partial charge >= 0.3 is 0 Å². The summed E-state index contributed by atoms with van der Waals surface area (Å²) < 4.78 is 4.78. The van der Waals surface area contributed by atoms with Crippen LogP contribution >= 0.6 is 0 Å². The van der Waals surface area contributed by atoms with Crippen LogP contribution in [0.2, 0.25) is 0 Å². The third kappa shape index (κ3) is 3.99. The maximum Gasteiger partial charge on any atom is 0.293 e. The van der Waals surface area contributed by atoms with Crippen molar-refractivity contribution >= 4 is 6.47 Å². The normalized spacial score (nSPS) is 12.3. The van der Waals surface area contributed by atoms with Crippen LogP contribution in [0.4, 0.5) is 0 Å². The molecule has 0 atom stereocenters. The first-order valence-corrected chi connectivity index (χ1v) is 6.99. The minimum Gasteiger partial charge on any atom is -0.507 e. The Bertz CT molecular complexity index is 441. The summed E-state index contributed by atoms with van der Waals surface area (Å²) in [4.78, 5) is 10.2. The van der Waals surface area contributed by atoms with E-state index in [1.54, 1.807) is 0 Å². The molecule has 0 aliphatic carbocycles. The maximum atomic E-state index is 10.6. The van der Waals surface area contributed by atoms with Crippen LogP contribution < -0.4 is 0 Å². The van der Waals surface area contributed by atoms with Crippen LogP contribution in [0.25, 0.3) is 0 Å². The van der Waals surface area contributed by atoms with Gasteiger partial charge in [0.15, 0.2) is 0 Å². The second-order valence-electron chi connectivity index (χ2n) is 7.26. The first-order valence-electron chi connectivity index (χ1n) is 6.99. The third-order valence-corrected chi connectivity index (χ3v) is 3.36. The predicted molar refractivity (Wildman–Crippen MR) is 81.2 cm³/mol. The molecule has 0 aliphatic heterocycles. The summed E-state index contributed by atoms with van der Waals surface area (Å²) in [7, 11) is 0. The molecule has 0 heterocycles. The summed E-state index contributed by atoms with van der Waals surface area (Å²) in [6.45, 7) is 13.3. The molecule has 0 aliphatic rings. The molecule has 0 spiro atoms. The van der Waals surface area contributed by atoms with Gasteiger partial charge in [-0.25, -0.2) is 0 Å². The van der Waals surface area contributed by atoms with Gasteiger partial charge in [-0.05, 0) is 27.5 Å². The van der Waals surface area contributed by atoms with Gasteiger partial charge in [0.1, 0.15) is 5.75 Å². The van der Waals surface area contributed by atoms with Gasteiger partial charge in [0.25, 0.3) is 6.47 Å². The number of rotatable bonds is 4. The van der Waals surface area contributed by atoms with Gasteiger partial charge in [-0.15, -0.1) is 0 Å². The van der Waals surface area contributed by atoms with Gasteiger partial charge in [0.05, 0.1) is 6.61 Å². The Kier molecular flexibility index (Phi) is 4.85. The molecular weight excluding hydrogens is 252 g/mol. The molecule has 0 aromatic heterocycles. The Balaban J connectivity index is 3.31. The van der Waals surface area contributed by atoms with Crippen LogP contribution in [-0.4, -0.2) is 18.2 Å². The second-order valence-corrected chi connectivity index (χ2v) is 7.26. The molecule has 0 bridgehead atoms. The number of phenolic OH excluding ortho intramolecular Hbond substituents is 1. The largest absolute Gasteiger partial charge is 0.507 e. The standard InChI is InChI=1S/C17H26O3/c1-16(2,3)13-9-12(7-8-20-11-18)10-14(15(13)19)17(4,5)6/h9-11,19H,7-8H2,1-6H3. The molecule has 3 heteroatoms. The molecule has 3 nitrogen and oxygen atoms in total. The van der Waals surface area contributed by atoms with Crippen molar-refractivity contribution in [3.63, 3.8) is 0 Å². The van der Waals surface area contributed by atoms with Crippen molar-refractivity contribution in [3.8, 4) is 5.75 Å². The molecule has 0 amide bonds. The molecular formula is C17H26O3. The Morgan fingerprint density at radius 3 is 1.85 bits per heavy atom. The van der Waals surface area contributed by atoms with Crippen molar-refractivity contribution < 1.29 is 14.6 Å². The molecule has 112 valence electrons. The molecule has 0 unspecified atom stereocenters. The average Bonchev–Trinajstić information content (AvgIpc) is 2.28. The summed E-state index contributed by atoms with van der Waals surface area (Å²) >= 11 is 0. The van der Waals surface area contributed by atoms with E-state index in [4.69, 9.17) is 4.74 Å². The van der Waals surface area contributed by atoms with Crippen molar-refractivity contribution in [1.29, 1.82) is 0 Å². The van der Waals surface area contributed by atoms with Crippen molar-refractivity contribution in [2.75, 3.05) is 6.61 Å². The lowest BCUT2D eigenvalue weighted by Crippen LogP contribution is -2.18. The monoisotopic (exact) mass is 278 g/mol. The predicted octanol–water partition coefficient (Wildman–Crippen LogP) is 3.70. The van der Waals surface area contributed by atoms with E-state index >= 15 is 0 Å². The number of hydrogen-bond acceptors (Lipinski definition) is 3. The maximum absolute atomic E-state index is 10.6. The third-order valence-electron chi connectivity index (χ3n) is 3.36. The number of carbonyl (C=O) groups excluding carboxylic acids is 1. The smallest absolute Gasteiger partial charge is 0.293 e. The zero-order chi connectivity index (χ0) is 15.6. The van der Waals surface area contributed by atoms with E-state index < -0.39 is 0 Å². The van der Waals surface area contributed by atoms with Crippen LogP contribution in [0.1, 0.15) is 58.2 Å². The lowest BCUT2D eigenvalue weighted by Gasteiger charge is -2.28. The fourth-order valence-corrected chi connectivity index (χ4v) is 2.21. The molecule has 0 saturated carbocycles. The van der Waals surface area contributed by atoms with Gasteiger partial charge in [-0.3, -0.25) is 4.79 Å². The zero-order valence-electron chi connectivity index (χ0n) is 13.4. The van der Waals surface area contributed by atoms with Gasteiger partial charge < -0.3 is 9.84 Å².